The Labute approximate surface area is 145 Å². The summed E-state index contributed by atoms with van der Waals surface area (Å²) >= 11 is 0. The van der Waals surface area contributed by atoms with Gasteiger partial charge in [-0.25, -0.2) is 9.48 Å². The van der Waals surface area contributed by atoms with Crippen molar-refractivity contribution in [2.75, 3.05) is 20.2 Å². The Morgan fingerprint density at radius 2 is 1.92 bits per heavy atom. The van der Waals surface area contributed by atoms with Crippen molar-refractivity contribution < 1.29 is 14.3 Å². The van der Waals surface area contributed by atoms with Crippen LogP contribution < -0.4 is 0 Å². The number of amides is 2. The minimum Gasteiger partial charge on any atom is -0.453 e. The lowest BCUT2D eigenvalue weighted by Gasteiger charge is -2.44. The monoisotopic (exact) mass is 340 g/mol. The van der Waals surface area contributed by atoms with Crippen LogP contribution in [0.5, 0.6) is 0 Å². The molecule has 0 saturated carbocycles. The average molecular weight is 340 g/mol. The van der Waals surface area contributed by atoms with Gasteiger partial charge in [-0.1, -0.05) is 18.2 Å². The molecule has 7 heteroatoms. The Kier molecular flexibility index (Phi) is 3.52. The second kappa shape index (κ2) is 5.61. The number of nitrogens with zero attached hydrogens (tertiary/aromatic N) is 4. The summed E-state index contributed by atoms with van der Waals surface area (Å²) < 4.78 is 6.47. The summed E-state index contributed by atoms with van der Waals surface area (Å²) in [6.07, 6.45) is -0.347. The third kappa shape index (κ3) is 2.22. The quantitative estimate of drug-likeness (QED) is 0.840. The molecule has 0 N–H and O–H groups in total. The minimum absolute atomic E-state index is 0.0117. The summed E-state index contributed by atoms with van der Waals surface area (Å²) in [5.41, 5.74) is 3.35. The average Bonchev–Trinajstić information content (AvgIpc) is 3.05. The number of aryl methyl sites for hydroxylation is 1. The molecule has 1 saturated heterocycles. The van der Waals surface area contributed by atoms with Crippen LogP contribution in [0.3, 0.4) is 0 Å². The number of benzene rings is 1. The molecule has 1 fully saturated rings. The molecule has 1 aromatic carbocycles. The maximum absolute atomic E-state index is 13.1. The van der Waals surface area contributed by atoms with Gasteiger partial charge in [-0.3, -0.25) is 4.79 Å². The van der Waals surface area contributed by atoms with Crippen LogP contribution in [0.15, 0.2) is 30.3 Å². The molecule has 25 heavy (non-hydrogen) atoms. The molecule has 2 aliphatic rings. The number of para-hydroxylation sites is 1. The largest absolute Gasteiger partial charge is 0.453 e. The fourth-order valence-electron chi connectivity index (χ4n) is 3.83. The first-order valence-corrected chi connectivity index (χ1v) is 8.33. The molecule has 1 aromatic heterocycles. The number of carbonyl (C=O) groups excluding carboxylic acids is 2. The van der Waals surface area contributed by atoms with Crippen LogP contribution in [0.25, 0.3) is 5.69 Å². The molecular weight excluding hydrogens is 320 g/mol. The van der Waals surface area contributed by atoms with Gasteiger partial charge < -0.3 is 14.5 Å². The van der Waals surface area contributed by atoms with Gasteiger partial charge in [0.1, 0.15) is 5.69 Å². The molecule has 4 rings (SSSR count). The van der Waals surface area contributed by atoms with Gasteiger partial charge in [-0.2, -0.15) is 5.10 Å². The molecule has 0 spiro atoms. The summed E-state index contributed by atoms with van der Waals surface area (Å²) in [5.74, 6) is -0.0264. The van der Waals surface area contributed by atoms with Crippen LogP contribution in [0, 0.1) is 6.92 Å². The molecule has 2 amide bonds. The number of carbonyl (C=O) groups is 2. The van der Waals surface area contributed by atoms with Crippen molar-refractivity contribution in [1.82, 2.24) is 19.6 Å². The Morgan fingerprint density at radius 3 is 2.56 bits per heavy atom. The van der Waals surface area contributed by atoms with Gasteiger partial charge in [0, 0.05) is 18.7 Å². The van der Waals surface area contributed by atoms with Crippen LogP contribution in [-0.2, 0) is 4.74 Å². The Balaban J connectivity index is 1.65. The van der Waals surface area contributed by atoms with Gasteiger partial charge in [-0.05, 0) is 26.0 Å². The molecule has 0 aliphatic carbocycles. The molecule has 7 nitrogen and oxygen atoms in total. The van der Waals surface area contributed by atoms with Gasteiger partial charge in [0.2, 0.25) is 0 Å². The third-order valence-electron chi connectivity index (χ3n) is 5.07. The van der Waals surface area contributed by atoms with E-state index in [1.54, 1.807) is 9.58 Å². The maximum Gasteiger partial charge on any atom is 0.409 e. The van der Waals surface area contributed by atoms with Crippen molar-refractivity contribution in [1.29, 1.82) is 0 Å². The first-order valence-electron chi connectivity index (χ1n) is 8.33. The van der Waals surface area contributed by atoms with E-state index in [4.69, 9.17) is 4.74 Å². The van der Waals surface area contributed by atoms with E-state index in [1.807, 2.05) is 49.1 Å². The predicted molar refractivity (Wildman–Crippen MR) is 90.7 cm³/mol. The number of methoxy groups -OCH3 is 1. The zero-order chi connectivity index (χ0) is 17.7. The molecule has 3 heterocycles. The zero-order valence-corrected chi connectivity index (χ0v) is 14.5. The number of fused-ring (bicyclic) bond motifs is 1. The molecule has 2 aliphatic heterocycles. The van der Waals surface area contributed by atoms with E-state index >= 15 is 0 Å². The van der Waals surface area contributed by atoms with Crippen LogP contribution in [-0.4, -0.2) is 57.8 Å². The first kappa shape index (κ1) is 15.7. The van der Waals surface area contributed by atoms with E-state index in [2.05, 4.69) is 5.10 Å². The van der Waals surface area contributed by atoms with E-state index in [9.17, 15) is 9.59 Å². The number of ether oxygens (including phenoxy) is 1. The number of rotatable bonds is 2. The van der Waals surface area contributed by atoms with Crippen molar-refractivity contribution in [2.45, 2.75) is 25.9 Å². The van der Waals surface area contributed by atoms with Crippen molar-refractivity contribution in [3.8, 4) is 5.69 Å². The highest BCUT2D eigenvalue weighted by Gasteiger charge is 2.47. The lowest BCUT2D eigenvalue weighted by molar-refractivity contribution is 0.0166. The van der Waals surface area contributed by atoms with E-state index in [-0.39, 0.29) is 24.1 Å². The standard InChI is InChI=1S/C18H20N4O3/c1-11-15-12(2)21(14-9-20(10-14)18(24)25-3)17(23)16(15)22(19-11)13-7-5-4-6-8-13/h4-8,12,14H,9-10H2,1-3H3. The molecular formula is C18H20N4O3. The highest BCUT2D eigenvalue weighted by Crippen LogP contribution is 2.39. The fourth-order valence-corrected chi connectivity index (χ4v) is 3.83. The molecule has 1 unspecified atom stereocenters. The smallest absolute Gasteiger partial charge is 0.409 e. The maximum atomic E-state index is 13.1. The summed E-state index contributed by atoms with van der Waals surface area (Å²) in [6, 6.07) is 9.64. The topological polar surface area (TPSA) is 67.7 Å². The van der Waals surface area contributed by atoms with Crippen molar-refractivity contribution in [3.05, 3.63) is 47.3 Å². The Hall–Kier alpha value is -2.83. The summed E-state index contributed by atoms with van der Waals surface area (Å²) in [5, 5.41) is 4.58. The predicted octanol–water partition coefficient (Wildman–Crippen LogP) is 2.15. The molecule has 0 radical (unpaired) electrons. The van der Waals surface area contributed by atoms with Gasteiger partial charge >= 0.3 is 6.09 Å². The molecule has 1 atom stereocenters. The highest BCUT2D eigenvalue weighted by molar-refractivity contribution is 5.99. The normalized spacial score (nSPS) is 19.8. The SMILES string of the molecule is COC(=O)N1CC(N2C(=O)c3c(c(C)nn3-c3ccccc3)C2C)C1. The molecule has 0 bridgehead atoms. The van der Waals surface area contributed by atoms with Crippen molar-refractivity contribution in [3.63, 3.8) is 0 Å². The van der Waals surface area contributed by atoms with Crippen LogP contribution >= 0.6 is 0 Å². The molecule has 130 valence electrons. The van der Waals surface area contributed by atoms with Gasteiger partial charge in [-0.15, -0.1) is 0 Å². The van der Waals surface area contributed by atoms with Crippen LogP contribution in [0.1, 0.15) is 34.7 Å². The first-order chi connectivity index (χ1) is 12.0. The molecule has 2 aromatic rings. The fraction of sp³-hybridized carbons (Fsp3) is 0.389. The van der Waals surface area contributed by atoms with Crippen LogP contribution in [0.2, 0.25) is 0 Å². The van der Waals surface area contributed by atoms with Crippen LogP contribution in [0.4, 0.5) is 4.79 Å². The summed E-state index contributed by atoms with van der Waals surface area (Å²) in [7, 11) is 1.37. The Bertz CT molecular complexity index is 840. The Morgan fingerprint density at radius 1 is 1.24 bits per heavy atom. The van der Waals surface area contributed by atoms with Crippen molar-refractivity contribution in [2.24, 2.45) is 0 Å². The second-order valence-corrected chi connectivity index (χ2v) is 6.51. The second-order valence-electron chi connectivity index (χ2n) is 6.51. The summed E-state index contributed by atoms with van der Waals surface area (Å²) in [4.78, 5) is 28.2. The highest BCUT2D eigenvalue weighted by atomic mass is 16.5. The van der Waals surface area contributed by atoms with Crippen molar-refractivity contribution >= 4 is 12.0 Å². The number of aromatic nitrogens is 2. The van der Waals surface area contributed by atoms with E-state index in [1.165, 1.54) is 7.11 Å². The number of hydrogen-bond donors (Lipinski definition) is 0. The van der Waals surface area contributed by atoms with Gasteiger partial charge in [0.15, 0.2) is 0 Å². The van der Waals surface area contributed by atoms with Gasteiger partial charge in [0.25, 0.3) is 5.91 Å². The third-order valence-corrected chi connectivity index (χ3v) is 5.07. The van der Waals surface area contributed by atoms with Gasteiger partial charge in [0.05, 0.1) is 30.6 Å². The lowest BCUT2D eigenvalue weighted by Crippen LogP contribution is -2.61. The van der Waals surface area contributed by atoms with E-state index < -0.39 is 0 Å². The van der Waals surface area contributed by atoms with E-state index in [0.717, 1.165) is 16.9 Å². The minimum atomic E-state index is -0.347. The number of hydrogen-bond acceptors (Lipinski definition) is 4. The zero-order valence-electron chi connectivity index (χ0n) is 14.5. The van der Waals surface area contributed by atoms with E-state index in [0.29, 0.717) is 18.8 Å². The number of likely N-dealkylation sites (tertiary alicyclic amines) is 1. The summed E-state index contributed by atoms with van der Waals surface area (Å²) in [6.45, 7) is 4.97. The lowest BCUT2D eigenvalue weighted by atomic mass is 10.1.